The number of rotatable bonds is 6. The predicted octanol–water partition coefficient (Wildman–Crippen LogP) is 3.16. The third kappa shape index (κ3) is 4.19. The summed E-state index contributed by atoms with van der Waals surface area (Å²) in [4.78, 5) is 12.4. The molecular formula is C19H23NO4. The zero-order chi connectivity index (χ0) is 17.7. The van der Waals surface area contributed by atoms with Crippen LogP contribution in [0.1, 0.15) is 29.8 Å². The smallest absolute Gasteiger partial charge is 0.251 e. The number of hydrogen-bond acceptors (Lipinski definition) is 4. The van der Waals surface area contributed by atoms with Crippen molar-refractivity contribution < 1.29 is 19.4 Å². The second-order valence-electron chi connectivity index (χ2n) is 6.21. The van der Waals surface area contributed by atoms with Gasteiger partial charge in [0.25, 0.3) is 5.91 Å². The van der Waals surface area contributed by atoms with Crippen molar-refractivity contribution in [3.8, 4) is 17.2 Å². The van der Waals surface area contributed by atoms with Crippen LogP contribution in [0.25, 0.3) is 0 Å². The molecule has 128 valence electrons. The zero-order valence-electron chi connectivity index (χ0n) is 14.4. The first-order chi connectivity index (χ1) is 11.4. The fourth-order valence-corrected chi connectivity index (χ4v) is 2.60. The monoisotopic (exact) mass is 329 g/mol. The molecule has 0 saturated carbocycles. The lowest BCUT2D eigenvalue weighted by Gasteiger charge is -2.28. The zero-order valence-corrected chi connectivity index (χ0v) is 14.4. The Hall–Kier alpha value is -2.69. The third-order valence-electron chi connectivity index (χ3n) is 3.70. The van der Waals surface area contributed by atoms with Gasteiger partial charge in [0.05, 0.1) is 14.2 Å². The summed E-state index contributed by atoms with van der Waals surface area (Å²) < 4.78 is 10.7. The van der Waals surface area contributed by atoms with Gasteiger partial charge >= 0.3 is 0 Å². The molecule has 0 bridgehead atoms. The van der Waals surface area contributed by atoms with E-state index in [0.717, 1.165) is 5.56 Å². The van der Waals surface area contributed by atoms with E-state index in [0.29, 0.717) is 23.5 Å². The molecule has 2 rings (SSSR count). The van der Waals surface area contributed by atoms with Crippen LogP contribution in [-0.2, 0) is 6.42 Å². The highest BCUT2D eigenvalue weighted by Gasteiger charge is 2.26. The summed E-state index contributed by atoms with van der Waals surface area (Å²) in [5.74, 6) is 0.971. The van der Waals surface area contributed by atoms with E-state index in [-0.39, 0.29) is 11.7 Å². The second-order valence-corrected chi connectivity index (χ2v) is 6.21. The lowest BCUT2D eigenvalue weighted by atomic mass is 9.93. The first-order valence-electron chi connectivity index (χ1n) is 7.67. The number of methoxy groups -OCH3 is 2. The van der Waals surface area contributed by atoms with Crippen molar-refractivity contribution in [2.24, 2.45) is 0 Å². The van der Waals surface area contributed by atoms with E-state index in [9.17, 15) is 9.90 Å². The summed E-state index contributed by atoms with van der Waals surface area (Å²) in [6.07, 6.45) is 0.484. The van der Waals surface area contributed by atoms with E-state index in [4.69, 9.17) is 9.47 Å². The van der Waals surface area contributed by atoms with Gasteiger partial charge in [0.2, 0.25) is 0 Å². The van der Waals surface area contributed by atoms with Crippen LogP contribution >= 0.6 is 0 Å². The number of amides is 1. The average molecular weight is 329 g/mol. The molecule has 0 aromatic heterocycles. The molecule has 0 saturated heterocycles. The third-order valence-corrected chi connectivity index (χ3v) is 3.70. The van der Waals surface area contributed by atoms with Crippen molar-refractivity contribution in [1.82, 2.24) is 5.32 Å². The molecule has 0 aliphatic rings. The quantitative estimate of drug-likeness (QED) is 0.854. The summed E-state index contributed by atoms with van der Waals surface area (Å²) in [5.41, 5.74) is 0.858. The molecule has 0 unspecified atom stereocenters. The Bertz CT molecular complexity index is 686. The summed E-state index contributed by atoms with van der Waals surface area (Å²) >= 11 is 0. The van der Waals surface area contributed by atoms with Crippen molar-refractivity contribution in [3.63, 3.8) is 0 Å². The van der Waals surface area contributed by atoms with Crippen molar-refractivity contribution in [2.45, 2.75) is 25.8 Å². The Balaban J connectivity index is 2.24. The molecule has 0 atom stereocenters. The minimum absolute atomic E-state index is 0.0681. The van der Waals surface area contributed by atoms with Gasteiger partial charge in [-0.15, -0.1) is 0 Å². The fraction of sp³-hybridized carbons (Fsp3) is 0.316. The van der Waals surface area contributed by atoms with Gasteiger partial charge in [0.15, 0.2) is 0 Å². The number of ether oxygens (including phenoxy) is 2. The molecule has 5 heteroatoms. The first kappa shape index (κ1) is 17.7. The van der Waals surface area contributed by atoms with Crippen molar-refractivity contribution in [3.05, 3.63) is 53.6 Å². The summed E-state index contributed by atoms with van der Waals surface area (Å²) in [6.45, 7) is 3.86. The highest BCUT2D eigenvalue weighted by atomic mass is 16.5. The second kappa shape index (κ2) is 7.25. The first-order valence-corrected chi connectivity index (χ1v) is 7.67. The largest absolute Gasteiger partial charge is 0.508 e. The number of aromatic hydroxyl groups is 1. The molecule has 0 aliphatic heterocycles. The van der Waals surface area contributed by atoms with Gasteiger partial charge in [-0.1, -0.05) is 18.2 Å². The topological polar surface area (TPSA) is 67.8 Å². The fourth-order valence-electron chi connectivity index (χ4n) is 2.60. The van der Waals surface area contributed by atoms with E-state index in [2.05, 4.69) is 5.32 Å². The molecule has 0 radical (unpaired) electrons. The average Bonchev–Trinajstić information content (AvgIpc) is 2.56. The molecule has 0 spiro atoms. The van der Waals surface area contributed by atoms with Crippen LogP contribution in [-0.4, -0.2) is 30.8 Å². The molecule has 0 heterocycles. The molecule has 2 aromatic carbocycles. The van der Waals surface area contributed by atoms with E-state index < -0.39 is 5.54 Å². The normalized spacial score (nSPS) is 11.0. The van der Waals surface area contributed by atoms with Crippen molar-refractivity contribution >= 4 is 5.91 Å². The van der Waals surface area contributed by atoms with Crippen LogP contribution in [0.2, 0.25) is 0 Å². The Morgan fingerprint density at radius 3 is 2.12 bits per heavy atom. The van der Waals surface area contributed by atoms with E-state index in [1.165, 1.54) is 26.4 Å². The van der Waals surface area contributed by atoms with Gasteiger partial charge in [0, 0.05) is 35.2 Å². The number of benzene rings is 2. The van der Waals surface area contributed by atoms with Crippen LogP contribution in [0.4, 0.5) is 0 Å². The molecule has 1 amide bonds. The van der Waals surface area contributed by atoms with E-state index in [1.54, 1.807) is 12.1 Å². The molecule has 24 heavy (non-hydrogen) atoms. The summed E-state index contributed by atoms with van der Waals surface area (Å²) in [5, 5.41) is 12.8. The SMILES string of the molecule is COc1cc(O)cc(OC)c1CC(C)(C)NC(=O)c1ccccc1. The number of phenolic OH excluding ortho intramolecular Hbond substituents is 1. The van der Waals surface area contributed by atoms with Gasteiger partial charge in [-0.3, -0.25) is 4.79 Å². The van der Waals surface area contributed by atoms with Crippen LogP contribution in [0.3, 0.4) is 0 Å². The van der Waals surface area contributed by atoms with Crippen LogP contribution in [0.5, 0.6) is 17.2 Å². The van der Waals surface area contributed by atoms with Crippen molar-refractivity contribution in [1.29, 1.82) is 0 Å². The van der Waals surface area contributed by atoms with Gasteiger partial charge in [-0.25, -0.2) is 0 Å². The highest BCUT2D eigenvalue weighted by Crippen LogP contribution is 2.35. The molecular weight excluding hydrogens is 306 g/mol. The number of phenols is 1. The number of hydrogen-bond donors (Lipinski definition) is 2. The molecule has 2 aromatic rings. The lowest BCUT2D eigenvalue weighted by molar-refractivity contribution is 0.0912. The van der Waals surface area contributed by atoms with Gasteiger partial charge in [-0.05, 0) is 26.0 Å². The lowest BCUT2D eigenvalue weighted by Crippen LogP contribution is -2.45. The van der Waals surface area contributed by atoms with Gasteiger partial charge in [-0.2, -0.15) is 0 Å². The summed E-state index contributed by atoms with van der Waals surface area (Å²) in [7, 11) is 3.07. The standard InChI is InChI=1S/C19H23NO4/c1-19(2,20-18(22)13-8-6-5-7-9-13)12-15-16(23-3)10-14(21)11-17(15)24-4/h5-11,21H,12H2,1-4H3,(H,20,22). The molecule has 2 N–H and O–H groups in total. The minimum Gasteiger partial charge on any atom is -0.508 e. The molecule has 0 aliphatic carbocycles. The summed E-state index contributed by atoms with van der Waals surface area (Å²) in [6, 6.07) is 12.1. The predicted molar refractivity (Wildman–Crippen MR) is 92.9 cm³/mol. The highest BCUT2D eigenvalue weighted by molar-refractivity contribution is 5.94. The van der Waals surface area contributed by atoms with Crippen LogP contribution in [0, 0.1) is 0 Å². The van der Waals surface area contributed by atoms with Crippen molar-refractivity contribution in [2.75, 3.05) is 14.2 Å². The van der Waals surface area contributed by atoms with Gasteiger partial charge < -0.3 is 19.9 Å². The molecule has 5 nitrogen and oxygen atoms in total. The minimum atomic E-state index is -0.537. The number of nitrogens with one attached hydrogen (secondary N) is 1. The number of carbonyl (C=O) groups excluding carboxylic acids is 1. The molecule has 0 fully saturated rings. The Morgan fingerprint density at radius 2 is 1.62 bits per heavy atom. The Morgan fingerprint density at radius 1 is 1.08 bits per heavy atom. The van der Waals surface area contributed by atoms with Crippen LogP contribution in [0.15, 0.2) is 42.5 Å². The van der Waals surface area contributed by atoms with E-state index in [1.807, 2.05) is 32.0 Å². The maximum absolute atomic E-state index is 12.4. The van der Waals surface area contributed by atoms with Crippen LogP contribution < -0.4 is 14.8 Å². The Kier molecular flexibility index (Phi) is 5.34. The Labute approximate surface area is 142 Å². The van der Waals surface area contributed by atoms with E-state index >= 15 is 0 Å². The van der Waals surface area contributed by atoms with Gasteiger partial charge in [0.1, 0.15) is 17.2 Å². The maximum Gasteiger partial charge on any atom is 0.251 e. The maximum atomic E-state index is 12.4. The number of carbonyl (C=O) groups is 1.